The summed E-state index contributed by atoms with van der Waals surface area (Å²) in [5.41, 5.74) is 6.86. The lowest BCUT2D eigenvalue weighted by Gasteiger charge is -2.42. The fourth-order valence-electron chi connectivity index (χ4n) is 2.87. The van der Waals surface area contributed by atoms with Gasteiger partial charge in [0, 0.05) is 37.4 Å². The Kier molecular flexibility index (Phi) is 6.32. The first-order valence-corrected chi connectivity index (χ1v) is 8.25. The molecule has 1 aliphatic heterocycles. The van der Waals surface area contributed by atoms with E-state index in [0.717, 1.165) is 6.42 Å². The summed E-state index contributed by atoms with van der Waals surface area (Å²) in [4.78, 5) is 14.5. The highest BCUT2D eigenvalue weighted by atomic mass is 19.1. The van der Waals surface area contributed by atoms with Gasteiger partial charge in [-0.25, -0.2) is 4.39 Å². The van der Waals surface area contributed by atoms with E-state index in [9.17, 15) is 9.18 Å². The zero-order valence-corrected chi connectivity index (χ0v) is 14.7. The predicted octanol–water partition coefficient (Wildman–Crippen LogP) is 2.19. The number of amides is 1. The van der Waals surface area contributed by atoms with Crippen molar-refractivity contribution < 1.29 is 18.7 Å². The molecule has 0 saturated carbocycles. The predicted molar refractivity (Wildman–Crippen MR) is 90.2 cm³/mol. The Hall–Kier alpha value is -1.50. The molecular weight excluding hydrogens is 311 g/mol. The molecule has 1 aromatic rings. The quantitative estimate of drug-likeness (QED) is 0.808. The Morgan fingerprint density at radius 2 is 2.17 bits per heavy atom. The van der Waals surface area contributed by atoms with Crippen molar-refractivity contribution in [3.63, 3.8) is 0 Å². The van der Waals surface area contributed by atoms with Gasteiger partial charge in [0.05, 0.1) is 19.8 Å². The van der Waals surface area contributed by atoms with Crippen LogP contribution in [0.25, 0.3) is 0 Å². The number of halogens is 1. The standard InChI is InChI=1S/C18H27FN2O3/c1-18(2)12-21(7-6-16(18)20)17(22)13-4-5-15(19)14(10-13)11-24-9-8-23-3/h4-5,10,16H,6-9,11-12,20H2,1-3H3. The third-order valence-corrected chi connectivity index (χ3v) is 4.58. The molecule has 6 heteroatoms. The van der Waals surface area contributed by atoms with E-state index in [1.54, 1.807) is 18.1 Å². The fourth-order valence-corrected chi connectivity index (χ4v) is 2.87. The van der Waals surface area contributed by atoms with E-state index in [-0.39, 0.29) is 29.8 Å². The highest BCUT2D eigenvalue weighted by molar-refractivity contribution is 5.94. The van der Waals surface area contributed by atoms with Crippen LogP contribution in [-0.2, 0) is 16.1 Å². The van der Waals surface area contributed by atoms with Gasteiger partial charge in [0.1, 0.15) is 5.82 Å². The summed E-state index contributed by atoms with van der Waals surface area (Å²) < 4.78 is 24.2. The summed E-state index contributed by atoms with van der Waals surface area (Å²) in [6.07, 6.45) is 0.771. The molecule has 5 nitrogen and oxygen atoms in total. The average Bonchev–Trinajstić information content (AvgIpc) is 2.55. The molecule has 1 aromatic carbocycles. The van der Waals surface area contributed by atoms with Gasteiger partial charge >= 0.3 is 0 Å². The van der Waals surface area contributed by atoms with Crippen molar-refractivity contribution in [1.29, 1.82) is 0 Å². The highest BCUT2D eigenvalue weighted by Crippen LogP contribution is 2.28. The van der Waals surface area contributed by atoms with Gasteiger partial charge in [-0.2, -0.15) is 0 Å². The number of benzene rings is 1. The maximum absolute atomic E-state index is 13.9. The molecule has 0 spiro atoms. The van der Waals surface area contributed by atoms with E-state index in [1.807, 2.05) is 0 Å². The van der Waals surface area contributed by atoms with Crippen LogP contribution >= 0.6 is 0 Å². The second-order valence-corrected chi connectivity index (χ2v) is 6.96. The number of hydrogen-bond donors (Lipinski definition) is 1. The Balaban J connectivity index is 2.07. The first kappa shape index (κ1) is 18.8. The van der Waals surface area contributed by atoms with Crippen molar-refractivity contribution in [1.82, 2.24) is 4.90 Å². The summed E-state index contributed by atoms with van der Waals surface area (Å²) in [6, 6.07) is 4.51. The second kappa shape index (κ2) is 8.05. The molecule has 1 saturated heterocycles. The molecule has 2 N–H and O–H groups in total. The molecule has 0 bridgehead atoms. The van der Waals surface area contributed by atoms with E-state index in [2.05, 4.69) is 13.8 Å². The minimum Gasteiger partial charge on any atom is -0.382 e. The summed E-state index contributed by atoms with van der Waals surface area (Å²) in [5.74, 6) is -0.460. The summed E-state index contributed by atoms with van der Waals surface area (Å²) in [6.45, 7) is 6.31. The number of likely N-dealkylation sites (tertiary alicyclic amines) is 1. The minimum atomic E-state index is -0.370. The number of rotatable bonds is 6. The number of methoxy groups -OCH3 is 1. The van der Waals surface area contributed by atoms with Gasteiger partial charge in [-0.05, 0) is 30.0 Å². The van der Waals surface area contributed by atoms with Gasteiger partial charge < -0.3 is 20.1 Å². The van der Waals surface area contributed by atoms with Crippen molar-refractivity contribution in [2.24, 2.45) is 11.1 Å². The zero-order chi connectivity index (χ0) is 17.7. The summed E-state index contributed by atoms with van der Waals surface area (Å²) in [7, 11) is 1.58. The van der Waals surface area contributed by atoms with Crippen molar-refractivity contribution in [3.8, 4) is 0 Å². The summed E-state index contributed by atoms with van der Waals surface area (Å²) >= 11 is 0. The molecule has 24 heavy (non-hydrogen) atoms. The van der Waals surface area contributed by atoms with Crippen LogP contribution in [0, 0.1) is 11.2 Å². The van der Waals surface area contributed by atoms with Crippen LogP contribution in [0.3, 0.4) is 0 Å². The van der Waals surface area contributed by atoms with E-state index < -0.39 is 0 Å². The van der Waals surface area contributed by atoms with Gasteiger partial charge in [0.15, 0.2) is 0 Å². The lowest BCUT2D eigenvalue weighted by Crippen LogP contribution is -2.54. The lowest BCUT2D eigenvalue weighted by atomic mass is 9.79. The summed E-state index contributed by atoms with van der Waals surface area (Å²) in [5, 5.41) is 0. The molecule has 1 amide bonds. The van der Waals surface area contributed by atoms with Crippen LogP contribution < -0.4 is 5.73 Å². The molecule has 1 heterocycles. The third-order valence-electron chi connectivity index (χ3n) is 4.58. The van der Waals surface area contributed by atoms with Gasteiger partial charge in [-0.1, -0.05) is 13.8 Å². The van der Waals surface area contributed by atoms with Crippen LogP contribution in [0.2, 0.25) is 0 Å². The SMILES string of the molecule is COCCOCc1cc(C(=O)N2CCC(N)C(C)(C)C2)ccc1F. The van der Waals surface area contributed by atoms with Crippen LogP contribution in [0.4, 0.5) is 4.39 Å². The number of hydrogen-bond acceptors (Lipinski definition) is 4. The number of nitrogens with two attached hydrogens (primary N) is 1. The molecule has 0 radical (unpaired) electrons. The normalized spacial score (nSPS) is 20.2. The zero-order valence-electron chi connectivity index (χ0n) is 14.7. The second-order valence-electron chi connectivity index (χ2n) is 6.96. The van der Waals surface area contributed by atoms with Gasteiger partial charge in [0.2, 0.25) is 0 Å². The van der Waals surface area contributed by atoms with Gasteiger partial charge in [0.25, 0.3) is 5.91 Å². The highest BCUT2D eigenvalue weighted by Gasteiger charge is 2.35. The Labute approximate surface area is 142 Å². The Bertz CT molecular complexity index is 577. The van der Waals surface area contributed by atoms with Crippen LogP contribution in [0.5, 0.6) is 0 Å². The third kappa shape index (κ3) is 4.53. The van der Waals surface area contributed by atoms with Crippen LogP contribution in [-0.4, -0.2) is 50.3 Å². The first-order valence-electron chi connectivity index (χ1n) is 8.25. The maximum Gasteiger partial charge on any atom is 0.253 e. The number of piperidine rings is 1. The molecule has 1 unspecified atom stereocenters. The van der Waals surface area contributed by atoms with Crippen molar-refractivity contribution in [2.45, 2.75) is 32.9 Å². The molecule has 1 atom stereocenters. The molecule has 1 fully saturated rings. The van der Waals surface area contributed by atoms with Gasteiger partial charge in [-0.3, -0.25) is 4.79 Å². The Morgan fingerprint density at radius 3 is 2.83 bits per heavy atom. The molecule has 2 rings (SSSR count). The van der Waals surface area contributed by atoms with E-state index >= 15 is 0 Å². The molecule has 1 aliphatic rings. The largest absolute Gasteiger partial charge is 0.382 e. The number of carbonyl (C=O) groups excluding carboxylic acids is 1. The Morgan fingerprint density at radius 1 is 1.42 bits per heavy atom. The van der Waals surface area contributed by atoms with E-state index in [1.165, 1.54) is 12.1 Å². The molecule has 134 valence electrons. The van der Waals surface area contributed by atoms with Crippen molar-refractivity contribution in [3.05, 3.63) is 35.1 Å². The number of carbonyl (C=O) groups is 1. The molecule has 0 aliphatic carbocycles. The molecular formula is C18H27FN2O3. The smallest absolute Gasteiger partial charge is 0.253 e. The monoisotopic (exact) mass is 338 g/mol. The van der Waals surface area contributed by atoms with Gasteiger partial charge in [-0.15, -0.1) is 0 Å². The van der Waals surface area contributed by atoms with Crippen molar-refractivity contribution in [2.75, 3.05) is 33.4 Å². The lowest BCUT2D eigenvalue weighted by molar-refractivity contribution is 0.0530. The fraction of sp³-hybridized carbons (Fsp3) is 0.611. The minimum absolute atomic E-state index is 0.0829. The van der Waals surface area contributed by atoms with Crippen molar-refractivity contribution >= 4 is 5.91 Å². The topological polar surface area (TPSA) is 64.8 Å². The average molecular weight is 338 g/mol. The number of ether oxygens (including phenoxy) is 2. The maximum atomic E-state index is 13.9. The van der Waals surface area contributed by atoms with E-state index in [4.69, 9.17) is 15.2 Å². The first-order chi connectivity index (χ1) is 11.3. The van der Waals surface area contributed by atoms with E-state index in [0.29, 0.717) is 37.4 Å². The number of nitrogens with zero attached hydrogens (tertiary/aromatic N) is 1. The van der Waals surface area contributed by atoms with Crippen LogP contribution in [0.15, 0.2) is 18.2 Å². The molecule has 0 aromatic heterocycles. The van der Waals surface area contributed by atoms with Crippen LogP contribution in [0.1, 0.15) is 36.2 Å².